The number of halogens is 2. The first-order valence-electron chi connectivity index (χ1n) is 9.59. The Kier molecular flexibility index (Phi) is 6.05. The molecule has 0 aliphatic carbocycles. The van der Waals surface area contributed by atoms with Gasteiger partial charge >= 0.3 is 0 Å². The first kappa shape index (κ1) is 21.8. The van der Waals surface area contributed by atoms with Gasteiger partial charge in [0.15, 0.2) is 9.84 Å². The summed E-state index contributed by atoms with van der Waals surface area (Å²) >= 11 is 12.2. The quantitative estimate of drug-likeness (QED) is 0.700. The van der Waals surface area contributed by atoms with Crippen molar-refractivity contribution < 1.29 is 18.0 Å². The fraction of sp³-hybridized carbons (Fsp3) is 0.368. The molecule has 31 heavy (non-hydrogen) atoms. The van der Waals surface area contributed by atoms with Crippen LogP contribution in [0.1, 0.15) is 24.8 Å². The van der Waals surface area contributed by atoms with E-state index in [9.17, 15) is 18.0 Å². The summed E-state index contributed by atoms with van der Waals surface area (Å²) in [5, 5.41) is 13.3. The summed E-state index contributed by atoms with van der Waals surface area (Å²) in [7, 11) is -3.18. The van der Waals surface area contributed by atoms with E-state index in [2.05, 4.69) is 15.5 Å². The van der Waals surface area contributed by atoms with E-state index in [1.807, 2.05) is 0 Å². The van der Waals surface area contributed by atoms with Gasteiger partial charge in [0.1, 0.15) is 11.5 Å². The predicted octanol–water partition coefficient (Wildman–Crippen LogP) is 2.34. The molecule has 2 aromatic rings. The highest BCUT2D eigenvalue weighted by atomic mass is 35.5. The van der Waals surface area contributed by atoms with Gasteiger partial charge in [-0.3, -0.25) is 9.59 Å². The van der Waals surface area contributed by atoms with Gasteiger partial charge < -0.3 is 5.32 Å². The Morgan fingerprint density at radius 3 is 2.74 bits per heavy atom. The lowest BCUT2D eigenvalue weighted by atomic mass is 10.1. The van der Waals surface area contributed by atoms with E-state index < -0.39 is 21.8 Å². The molecule has 9 nitrogen and oxygen atoms in total. The number of nitrogens with zero attached hydrogens (tertiary/aromatic N) is 4. The number of hydrogen-bond donors (Lipinski definition) is 1. The maximum absolute atomic E-state index is 12.8. The monoisotopic (exact) mass is 483 g/mol. The fourth-order valence-electron chi connectivity index (χ4n) is 3.55. The predicted molar refractivity (Wildman–Crippen MR) is 117 cm³/mol. The van der Waals surface area contributed by atoms with Crippen LogP contribution in [0, 0.1) is 0 Å². The molecule has 3 heterocycles. The normalized spacial score (nSPS) is 20.6. The zero-order valence-electron chi connectivity index (χ0n) is 16.3. The number of amides is 2. The summed E-state index contributed by atoms with van der Waals surface area (Å²) in [6, 6.07) is 6.24. The molecule has 1 saturated heterocycles. The van der Waals surface area contributed by atoms with Gasteiger partial charge in [-0.1, -0.05) is 29.3 Å². The van der Waals surface area contributed by atoms with Crippen LogP contribution in [0.3, 0.4) is 0 Å². The van der Waals surface area contributed by atoms with Gasteiger partial charge in [-0.15, -0.1) is 0 Å². The molecule has 1 atom stereocenters. The fourth-order valence-corrected chi connectivity index (χ4v) is 5.71. The smallest absolute Gasteiger partial charge is 0.273 e. The number of carbonyl (C=O) groups excluding carboxylic acids is 2. The largest absolute Gasteiger partial charge is 0.306 e. The molecule has 1 N–H and O–H groups in total. The van der Waals surface area contributed by atoms with Crippen LogP contribution >= 0.6 is 23.2 Å². The molecule has 12 heteroatoms. The Bertz CT molecular complexity index is 1180. The number of aromatic nitrogens is 2. The van der Waals surface area contributed by atoms with E-state index in [0.29, 0.717) is 28.8 Å². The summed E-state index contributed by atoms with van der Waals surface area (Å²) in [5.74, 6) is -0.426. The third kappa shape index (κ3) is 4.91. The van der Waals surface area contributed by atoms with Crippen molar-refractivity contribution in [2.45, 2.75) is 31.8 Å². The lowest BCUT2D eigenvalue weighted by molar-refractivity contribution is -0.133. The SMILES string of the molecule is O=C(Nc1ccnn1Cc1ccc(Cl)cc1Cl)C1=NN(C2CCS(=O)(=O)C2)C(=O)CC1. The van der Waals surface area contributed by atoms with Crippen molar-refractivity contribution >= 4 is 56.4 Å². The van der Waals surface area contributed by atoms with Crippen LogP contribution < -0.4 is 5.32 Å². The number of hydrogen-bond acceptors (Lipinski definition) is 6. The number of carbonyl (C=O) groups is 2. The summed E-state index contributed by atoms with van der Waals surface area (Å²) < 4.78 is 25.1. The average Bonchev–Trinajstić information content (AvgIpc) is 3.30. The molecule has 164 valence electrons. The van der Waals surface area contributed by atoms with Gasteiger partial charge in [-0.05, 0) is 24.1 Å². The summed E-state index contributed by atoms with van der Waals surface area (Å²) in [6.45, 7) is 0.315. The summed E-state index contributed by atoms with van der Waals surface area (Å²) in [4.78, 5) is 25.0. The zero-order valence-corrected chi connectivity index (χ0v) is 18.6. The minimum absolute atomic E-state index is 0.0188. The van der Waals surface area contributed by atoms with Gasteiger partial charge in [-0.25, -0.2) is 18.1 Å². The first-order chi connectivity index (χ1) is 14.7. The van der Waals surface area contributed by atoms with Crippen molar-refractivity contribution in [1.29, 1.82) is 0 Å². The summed E-state index contributed by atoms with van der Waals surface area (Å²) in [5.41, 5.74) is 0.945. The van der Waals surface area contributed by atoms with Gasteiger partial charge in [0.25, 0.3) is 5.91 Å². The Morgan fingerprint density at radius 1 is 1.23 bits per heavy atom. The van der Waals surface area contributed by atoms with Crippen LogP contribution in [0.15, 0.2) is 35.6 Å². The molecule has 1 aromatic carbocycles. The molecular weight excluding hydrogens is 465 g/mol. The van der Waals surface area contributed by atoms with Gasteiger partial charge in [-0.2, -0.15) is 10.2 Å². The second kappa shape index (κ2) is 8.60. The van der Waals surface area contributed by atoms with Crippen LogP contribution in [-0.4, -0.2) is 58.3 Å². The maximum Gasteiger partial charge on any atom is 0.273 e. The standard InChI is InChI=1S/C19H19Cl2N5O4S/c20-13-2-1-12(15(21)9-13)10-25-17(5-7-22-25)23-19(28)16-3-4-18(27)26(24-16)14-6-8-31(29,30)11-14/h1-2,5,7,9,14H,3-4,6,8,10-11H2,(H,23,28). The molecule has 0 bridgehead atoms. The number of anilines is 1. The molecule has 1 aromatic heterocycles. The second-order valence-electron chi connectivity index (χ2n) is 7.41. The highest BCUT2D eigenvalue weighted by Crippen LogP contribution is 2.24. The Hall–Kier alpha value is -2.43. The number of nitrogens with one attached hydrogen (secondary N) is 1. The molecular formula is C19H19Cl2N5O4S. The second-order valence-corrected chi connectivity index (χ2v) is 10.5. The van der Waals surface area contributed by atoms with Crippen LogP contribution in [0.5, 0.6) is 0 Å². The van der Waals surface area contributed by atoms with Crippen molar-refractivity contribution in [2.75, 3.05) is 16.8 Å². The van der Waals surface area contributed by atoms with E-state index in [1.54, 1.807) is 35.1 Å². The molecule has 2 aliphatic rings. The molecule has 0 saturated carbocycles. The van der Waals surface area contributed by atoms with Crippen molar-refractivity contribution in [3.05, 3.63) is 46.1 Å². The van der Waals surface area contributed by atoms with Crippen LogP contribution in [0.2, 0.25) is 10.0 Å². The topological polar surface area (TPSA) is 114 Å². The van der Waals surface area contributed by atoms with Crippen molar-refractivity contribution in [2.24, 2.45) is 5.10 Å². The highest BCUT2D eigenvalue weighted by molar-refractivity contribution is 7.91. The minimum atomic E-state index is -3.18. The number of hydrazone groups is 1. The van der Waals surface area contributed by atoms with E-state index >= 15 is 0 Å². The van der Waals surface area contributed by atoms with Crippen molar-refractivity contribution in [1.82, 2.24) is 14.8 Å². The van der Waals surface area contributed by atoms with Crippen molar-refractivity contribution in [3.8, 4) is 0 Å². The third-order valence-corrected chi connectivity index (χ3v) is 7.51. The van der Waals surface area contributed by atoms with E-state index in [-0.39, 0.29) is 36.0 Å². The first-order valence-corrected chi connectivity index (χ1v) is 12.2. The molecule has 1 fully saturated rings. The molecule has 4 rings (SSSR count). The number of benzene rings is 1. The zero-order chi connectivity index (χ0) is 22.2. The number of sulfone groups is 1. The van der Waals surface area contributed by atoms with E-state index in [1.165, 1.54) is 0 Å². The van der Waals surface area contributed by atoms with Crippen molar-refractivity contribution in [3.63, 3.8) is 0 Å². The lowest BCUT2D eigenvalue weighted by Gasteiger charge is -2.27. The molecule has 1 unspecified atom stereocenters. The molecule has 0 radical (unpaired) electrons. The Morgan fingerprint density at radius 2 is 2.03 bits per heavy atom. The maximum atomic E-state index is 12.8. The Balaban J connectivity index is 1.49. The number of rotatable bonds is 5. The van der Waals surface area contributed by atoms with Gasteiger partial charge in [0.2, 0.25) is 5.91 Å². The molecule has 2 aliphatic heterocycles. The van der Waals surface area contributed by atoms with E-state index in [0.717, 1.165) is 10.6 Å². The average molecular weight is 484 g/mol. The third-order valence-electron chi connectivity index (χ3n) is 5.17. The molecule has 0 spiro atoms. The van der Waals surface area contributed by atoms with E-state index in [4.69, 9.17) is 23.2 Å². The summed E-state index contributed by atoms with van der Waals surface area (Å²) in [6.07, 6.45) is 2.14. The van der Waals surface area contributed by atoms with Crippen LogP contribution in [0.25, 0.3) is 0 Å². The lowest BCUT2D eigenvalue weighted by Crippen LogP contribution is -2.42. The highest BCUT2D eigenvalue weighted by Gasteiger charge is 2.37. The van der Waals surface area contributed by atoms with Crippen LogP contribution in [-0.2, 0) is 26.0 Å². The molecule has 2 amide bonds. The van der Waals surface area contributed by atoms with Crippen LogP contribution in [0.4, 0.5) is 5.82 Å². The Labute approximate surface area is 188 Å². The van der Waals surface area contributed by atoms with Gasteiger partial charge in [0.05, 0.1) is 30.3 Å². The minimum Gasteiger partial charge on any atom is -0.306 e. The van der Waals surface area contributed by atoms with Gasteiger partial charge in [0, 0.05) is 29.0 Å².